The number of carbonyl (C=O) groups excluding carboxylic acids is 1. The third-order valence-electron chi connectivity index (χ3n) is 5.23. The largest absolute Gasteiger partial charge is 0.322 e. The second-order valence-corrected chi connectivity index (χ2v) is 7.93. The van der Waals surface area contributed by atoms with Gasteiger partial charge >= 0.3 is 0 Å². The van der Waals surface area contributed by atoms with Crippen LogP contribution in [0.5, 0.6) is 0 Å². The molecule has 0 aliphatic carbocycles. The fourth-order valence-corrected chi connectivity index (χ4v) is 3.63. The lowest BCUT2D eigenvalue weighted by molar-refractivity contribution is 0.102. The zero-order chi connectivity index (χ0) is 22.0. The average molecular weight is 413 g/mol. The van der Waals surface area contributed by atoms with Crippen molar-refractivity contribution in [3.05, 3.63) is 95.4 Å². The molecule has 31 heavy (non-hydrogen) atoms. The Morgan fingerprint density at radius 2 is 1.61 bits per heavy atom. The number of aromatic nitrogens is 1. The predicted molar refractivity (Wildman–Crippen MR) is 124 cm³/mol. The lowest BCUT2D eigenvalue weighted by atomic mass is 10.0. The summed E-state index contributed by atoms with van der Waals surface area (Å²) in [6.45, 7) is 2.79. The number of pyridine rings is 1. The highest BCUT2D eigenvalue weighted by Gasteiger charge is 2.11. The lowest BCUT2D eigenvalue weighted by Gasteiger charge is -2.13. The molecule has 0 saturated heterocycles. The van der Waals surface area contributed by atoms with Gasteiger partial charge in [0.1, 0.15) is 5.82 Å². The minimum Gasteiger partial charge on any atom is -0.322 e. The Labute approximate surface area is 181 Å². The van der Waals surface area contributed by atoms with Crippen molar-refractivity contribution in [2.75, 3.05) is 19.4 Å². The van der Waals surface area contributed by atoms with E-state index in [0.717, 1.165) is 45.4 Å². The number of hydrogen-bond acceptors (Lipinski definition) is 3. The van der Waals surface area contributed by atoms with Crippen LogP contribution < -0.4 is 5.32 Å². The summed E-state index contributed by atoms with van der Waals surface area (Å²) in [5.41, 5.74) is 6.09. The molecule has 1 N–H and O–H groups in total. The molecule has 0 aliphatic rings. The Kier molecular flexibility index (Phi) is 5.78. The zero-order valence-corrected chi connectivity index (χ0v) is 17.8. The zero-order valence-electron chi connectivity index (χ0n) is 17.8. The Balaban J connectivity index is 1.53. The van der Waals surface area contributed by atoms with Crippen molar-refractivity contribution in [3.8, 4) is 11.1 Å². The van der Waals surface area contributed by atoms with Crippen LogP contribution in [0, 0.1) is 12.7 Å². The molecule has 156 valence electrons. The van der Waals surface area contributed by atoms with Gasteiger partial charge in [-0.25, -0.2) is 4.39 Å². The molecule has 0 radical (unpaired) electrons. The smallest absolute Gasteiger partial charge is 0.255 e. The van der Waals surface area contributed by atoms with Gasteiger partial charge < -0.3 is 10.2 Å². The maximum absolute atomic E-state index is 13.1. The van der Waals surface area contributed by atoms with Crippen LogP contribution in [0.25, 0.3) is 22.0 Å². The molecule has 1 heterocycles. The molecule has 0 aliphatic heterocycles. The molecular weight excluding hydrogens is 389 g/mol. The molecule has 4 rings (SSSR count). The second kappa shape index (κ2) is 8.66. The first-order chi connectivity index (χ1) is 14.9. The van der Waals surface area contributed by atoms with Crippen LogP contribution >= 0.6 is 0 Å². The molecule has 0 saturated carbocycles. The van der Waals surface area contributed by atoms with E-state index >= 15 is 0 Å². The summed E-state index contributed by atoms with van der Waals surface area (Å²) in [4.78, 5) is 19.5. The maximum Gasteiger partial charge on any atom is 0.255 e. The number of anilines is 1. The quantitative estimate of drug-likeness (QED) is 0.459. The van der Waals surface area contributed by atoms with Crippen LogP contribution in [-0.4, -0.2) is 29.9 Å². The summed E-state index contributed by atoms with van der Waals surface area (Å²) < 4.78 is 13.1. The summed E-state index contributed by atoms with van der Waals surface area (Å²) >= 11 is 0. The number of rotatable bonds is 5. The first-order valence-electron chi connectivity index (χ1n) is 10.1. The van der Waals surface area contributed by atoms with Gasteiger partial charge in [-0.05, 0) is 79.7 Å². The normalized spacial score (nSPS) is 11.1. The lowest BCUT2D eigenvalue weighted by Crippen LogP contribution is -2.13. The van der Waals surface area contributed by atoms with Crippen molar-refractivity contribution in [3.63, 3.8) is 0 Å². The minimum atomic E-state index is -0.270. The number of nitrogens with one attached hydrogen (secondary N) is 1. The monoisotopic (exact) mass is 413 g/mol. The number of nitrogens with zero attached hydrogens (tertiary/aromatic N) is 2. The molecule has 0 atom stereocenters. The van der Waals surface area contributed by atoms with E-state index in [2.05, 4.69) is 21.3 Å². The van der Waals surface area contributed by atoms with Crippen molar-refractivity contribution in [2.45, 2.75) is 13.5 Å². The Hall–Kier alpha value is -3.57. The average Bonchev–Trinajstić information content (AvgIpc) is 2.76. The molecule has 0 fully saturated rings. The van der Waals surface area contributed by atoms with Gasteiger partial charge in [0.15, 0.2) is 0 Å². The van der Waals surface area contributed by atoms with Gasteiger partial charge in [-0.1, -0.05) is 30.3 Å². The van der Waals surface area contributed by atoms with Gasteiger partial charge in [0.05, 0.1) is 5.52 Å². The van der Waals surface area contributed by atoms with Gasteiger partial charge in [-0.2, -0.15) is 0 Å². The van der Waals surface area contributed by atoms with Crippen LogP contribution in [0.4, 0.5) is 10.1 Å². The van der Waals surface area contributed by atoms with E-state index in [1.54, 1.807) is 24.3 Å². The van der Waals surface area contributed by atoms with E-state index in [1.807, 2.05) is 51.5 Å². The number of carbonyl (C=O) groups is 1. The number of halogens is 1. The summed E-state index contributed by atoms with van der Waals surface area (Å²) in [7, 11) is 4.06. The highest BCUT2D eigenvalue weighted by molar-refractivity contribution is 6.06. The number of aryl methyl sites for hydroxylation is 1. The molecule has 1 aromatic heterocycles. The summed E-state index contributed by atoms with van der Waals surface area (Å²) in [6.07, 6.45) is 1.88. The molecule has 0 spiro atoms. The third kappa shape index (κ3) is 4.62. The Morgan fingerprint density at radius 3 is 2.26 bits per heavy atom. The molecule has 0 bridgehead atoms. The number of fused-ring (bicyclic) bond motifs is 1. The SMILES string of the molecule is Cc1c(NC(=O)c2ccc(-c3ccc(F)cc3)cc2)ccc2cc(CN(C)C)cnc12. The van der Waals surface area contributed by atoms with E-state index < -0.39 is 0 Å². The number of benzene rings is 3. The third-order valence-corrected chi connectivity index (χ3v) is 5.23. The topological polar surface area (TPSA) is 45.2 Å². The molecule has 4 nitrogen and oxygen atoms in total. The van der Waals surface area contributed by atoms with Gasteiger partial charge in [0.2, 0.25) is 0 Å². The fraction of sp³-hybridized carbons (Fsp3) is 0.154. The summed E-state index contributed by atoms with van der Waals surface area (Å²) in [5, 5.41) is 4.05. The Bertz CT molecular complexity index is 1230. The van der Waals surface area contributed by atoms with Gasteiger partial charge in [0, 0.05) is 29.4 Å². The van der Waals surface area contributed by atoms with Gasteiger partial charge in [-0.15, -0.1) is 0 Å². The minimum absolute atomic E-state index is 0.183. The molecule has 4 aromatic rings. The molecule has 5 heteroatoms. The van der Waals surface area contributed by atoms with Crippen LogP contribution in [0.15, 0.2) is 72.9 Å². The van der Waals surface area contributed by atoms with E-state index in [0.29, 0.717) is 5.56 Å². The van der Waals surface area contributed by atoms with Crippen molar-refractivity contribution >= 4 is 22.5 Å². The van der Waals surface area contributed by atoms with Crippen LogP contribution in [0.3, 0.4) is 0 Å². The van der Waals surface area contributed by atoms with E-state index in [1.165, 1.54) is 12.1 Å². The van der Waals surface area contributed by atoms with Crippen LogP contribution in [0.1, 0.15) is 21.5 Å². The number of amides is 1. The van der Waals surface area contributed by atoms with Crippen molar-refractivity contribution in [1.82, 2.24) is 9.88 Å². The van der Waals surface area contributed by atoms with E-state index in [9.17, 15) is 9.18 Å². The fourth-order valence-electron chi connectivity index (χ4n) is 3.63. The standard InChI is InChI=1S/C26H24FN3O/c1-17-24(13-10-22-14-18(16-30(2)3)15-28-25(17)22)29-26(31)21-6-4-19(5-7-21)20-8-11-23(27)12-9-20/h4-15H,16H2,1-3H3,(H,29,31). The van der Waals surface area contributed by atoms with Crippen molar-refractivity contribution in [1.29, 1.82) is 0 Å². The van der Waals surface area contributed by atoms with E-state index in [4.69, 9.17) is 0 Å². The first kappa shape index (κ1) is 20.7. The first-order valence-corrected chi connectivity index (χ1v) is 10.1. The predicted octanol–water partition coefficient (Wildman–Crippen LogP) is 5.66. The van der Waals surface area contributed by atoms with Crippen LogP contribution in [-0.2, 0) is 6.54 Å². The summed E-state index contributed by atoms with van der Waals surface area (Å²) in [6, 6.07) is 19.6. The second-order valence-electron chi connectivity index (χ2n) is 7.93. The van der Waals surface area contributed by atoms with Gasteiger partial charge in [0.25, 0.3) is 5.91 Å². The van der Waals surface area contributed by atoms with E-state index in [-0.39, 0.29) is 11.7 Å². The molecule has 3 aromatic carbocycles. The number of hydrogen-bond donors (Lipinski definition) is 1. The molecule has 1 amide bonds. The highest BCUT2D eigenvalue weighted by Crippen LogP contribution is 2.26. The molecular formula is C26H24FN3O. The molecule has 0 unspecified atom stereocenters. The van der Waals surface area contributed by atoms with Gasteiger partial charge in [-0.3, -0.25) is 9.78 Å². The van der Waals surface area contributed by atoms with Crippen molar-refractivity contribution in [2.24, 2.45) is 0 Å². The van der Waals surface area contributed by atoms with Crippen molar-refractivity contribution < 1.29 is 9.18 Å². The Morgan fingerprint density at radius 1 is 0.968 bits per heavy atom. The maximum atomic E-state index is 13.1. The highest BCUT2D eigenvalue weighted by atomic mass is 19.1. The summed E-state index contributed by atoms with van der Waals surface area (Å²) in [5.74, 6) is -0.453. The van der Waals surface area contributed by atoms with Crippen LogP contribution in [0.2, 0.25) is 0 Å².